The molecule has 3 N–H and O–H groups in total. The molecule has 0 bridgehead atoms. The van der Waals surface area contributed by atoms with Crippen LogP contribution in [0.3, 0.4) is 0 Å². The average molecular weight is 323 g/mol. The quantitative estimate of drug-likeness (QED) is 0.829. The molecule has 1 aromatic carbocycles. The van der Waals surface area contributed by atoms with Crippen LogP contribution in [0.2, 0.25) is 0 Å². The van der Waals surface area contributed by atoms with Gasteiger partial charge >= 0.3 is 5.97 Å². The maximum atomic E-state index is 11.7. The van der Waals surface area contributed by atoms with Crippen LogP contribution in [-0.2, 0) is 30.3 Å². The summed E-state index contributed by atoms with van der Waals surface area (Å²) >= 11 is 0. The fourth-order valence-corrected chi connectivity index (χ4v) is 2.90. The Kier molecular flexibility index (Phi) is 4.16. The molecule has 7 heteroatoms. The Morgan fingerprint density at radius 2 is 2.00 bits per heavy atom. The van der Waals surface area contributed by atoms with Crippen molar-refractivity contribution in [3.63, 3.8) is 0 Å². The number of fused-ring (bicyclic) bond motifs is 1. The second-order valence-corrected chi connectivity index (χ2v) is 6.29. The molecular weight excluding hydrogens is 302 g/mol. The van der Waals surface area contributed by atoms with Crippen molar-refractivity contribution in [2.24, 2.45) is 5.73 Å². The number of rotatable bonds is 5. The molecule has 23 heavy (non-hydrogen) atoms. The number of hydrogen-bond donors (Lipinski definition) is 2. The first-order valence-electron chi connectivity index (χ1n) is 7.48. The molecule has 0 amide bonds. The first kappa shape index (κ1) is 16.4. The zero-order chi connectivity index (χ0) is 16.7. The number of benzene rings is 1. The minimum Gasteiger partial charge on any atom is -0.480 e. The maximum Gasteiger partial charge on any atom is 0.329 e. The van der Waals surface area contributed by atoms with Crippen LogP contribution in [0.1, 0.15) is 19.4 Å². The van der Waals surface area contributed by atoms with Gasteiger partial charge in [-0.3, -0.25) is 4.79 Å². The number of carboxylic acids is 1. The smallest absolute Gasteiger partial charge is 0.329 e. The van der Waals surface area contributed by atoms with Gasteiger partial charge in [0.05, 0.1) is 13.2 Å². The first-order valence-corrected chi connectivity index (χ1v) is 7.48. The molecule has 0 spiro atoms. The highest BCUT2D eigenvalue weighted by molar-refractivity contribution is 5.81. The molecule has 2 aliphatic rings. The van der Waals surface area contributed by atoms with Gasteiger partial charge < -0.3 is 29.8 Å². The maximum absolute atomic E-state index is 11.7. The molecule has 0 aromatic heterocycles. The van der Waals surface area contributed by atoms with Crippen LogP contribution in [0, 0.1) is 0 Å². The molecule has 2 heterocycles. The molecule has 2 fully saturated rings. The van der Waals surface area contributed by atoms with Gasteiger partial charge in [-0.15, -0.1) is 0 Å². The average Bonchev–Trinajstić information content (AvgIpc) is 2.93. The minimum atomic E-state index is -1.71. The molecule has 126 valence electrons. The van der Waals surface area contributed by atoms with Gasteiger partial charge in [-0.2, -0.15) is 0 Å². The van der Waals surface area contributed by atoms with Gasteiger partial charge in [-0.25, -0.2) is 0 Å². The SMILES string of the molecule is CC1(C)O[C@H]2O[C@H](COCc3ccccc3)[C@](N)(C(=O)O)[C@H]2O1. The van der Waals surface area contributed by atoms with Crippen molar-refractivity contribution in [2.75, 3.05) is 6.61 Å². The standard InChI is InChI=1S/C16H21NO6/c1-15(2)22-12-13(23-15)21-11(16(12,17)14(18)19)9-20-8-10-6-4-3-5-7-10/h3-7,11-13H,8-9,17H2,1-2H3,(H,18,19)/t11-,12+,13-,16-/m1/s1. The molecule has 7 nitrogen and oxygen atoms in total. The Balaban J connectivity index is 1.67. The second kappa shape index (κ2) is 5.85. The lowest BCUT2D eigenvalue weighted by molar-refractivity contribution is -0.218. The van der Waals surface area contributed by atoms with E-state index in [0.29, 0.717) is 6.61 Å². The van der Waals surface area contributed by atoms with Crippen LogP contribution in [-0.4, -0.2) is 47.5 Å². The summed E-state index contributed by atoms with van der Waals surface area (Å²) in [5.41, 5.74) is 5.39. The molecular formula is C16H21NO6. The number of nitrogens with two attached hydrogens (primary N) is 1. The van der Waals surface area contributed by atoms with Gasteiger partial charge in [0, 0.05) is 0 Å². The lowest BCUT2D eigenvalue weighted by Gasteiger charge is -2.30. The Labute approximate surface area is 134 Å². The van der Waals surface area contributed by atoms with E-state index in [2.05, 4.69) is 0 Å². The van der Waals surface area contributed by atoms with E-state index in [1.807, 2.05) is 30.3 Å². The van der Waals surface area contributed by atoms with Crippen molar-refractivity contribution in [1.29, 1.82) is 0 Å². The molecule has 3 rings (SSSR count). The first-order chi connectivity index (χ1) is 10.8. The van der Waals surface area contributed by atoms with E-state index in [4.69, 9.17) is 24.7 Å². The number of aliphatic carboxylic acids is 1. The Hall–Kier alpha value is -1.51. The minimum absolute atomic E-state index is 0.0395. The molecule has 2 aliphatic heterocycles. The van der Waals surface area contributed by atoms with Gasteiger partial charge in [0.1, 0.15) is 12.2 Å². The van der Waals surface area contributed by atoms with Crippen LogP contribution in [0.5, 0.6) is 0 Å². The lowest BCUT2D eigenvalue weighted by Crippen LogP contribution is -2.63. The van der Waals surface area contributed by atoms with E-state index >= 15 is 0 Å². The topological polar surface area (TPSA) is 100 Å². The molecule has 1 aromatic rings. The van der Waals surface area contributed by atoms with E-state index in [-0.39, 0.29) is 6.61 Å². The second-order valence-electron chi connectivity index (χ2n) is 6.29. The Morgan fingerprint density at radius 1 is 1.30 bits per heavy atom. The molecule has 0 radical (unpaired) electrons. The summed E-state index contributed by atoms with van der Waals surface area (Å²) in [6, 6.07) is 9.57. The summed E-state index contributed by atoms with van der Waals surface area (Å²) < 4.78 is 22.5. The number of carboxylic acid groups (broad SMARTS) is 1. The van der Waals surface area contributed by atoms with Crippen molar-refractivity contribution in [1.82, 2.24) is 0 Å². The number of ether oxygens (including phenoxy) is 4. The summed E-state index contributed by atoms with van der Waals surface area (Å²) in [7, 11) is 0. The zero-order valence-electron chi connectivity index (χ0n) is 13.1. The van der Waals surface area contributed by atoms with Crippen LogP contribution in [0.25, 0.3) is 0 Å². The van der Waals surface area contributed by atoms with Gasteiger partial charge in [-0.1, -0.05) is 30.3 Å². The van der Waals surface area contributed by atoms with Crippen molar-refractivity contribution in [2.45, 2.75) is 50.3 Å². The van der Waals surface area contributed by atoms with E-state index < -0.39 is 35.8 Å². The third-order valence-corrected chi connectivity index (χ3v) is 4.11. The summed E-state index contributed by atoms with van der Waals surface area (Å²) in [6.07, 6.45) is -2.54. The summed E-state index contributed by atoms with van der Waals surface area (Å²) in [5.74, 6) is -2.12. The van der Waals surface area contributed by atoms with Crippen molar-refractivity contribution < 1.29 is 28.8 Å². The number of hydrogen-bond acceptors (Lipinski definition) is 6. The van der Waals surface area contributed by atoms with Gasteiger partial charge in [0.25, 0.3) is 0 Å². The monoisotopic (exact) mass is 323 g/mol. The van der Waals surface area contributed by atoms with E-state index in [0.717, 1.165) is 5.56 Å². The van der Waals surface area contributed by atoms with Crippen LogP contribution in [0.15, 0.2) is 30.3 Å². The zero-order valence-corrected chi connectivity index (χ0v) is 13.1. The highest BCUT2D eigenvalue weighted by Gasteiger charge is 2.65. The van der Waals surface area contributed by atoms with Gasteiger partial charge in [0.15, 0.2) is 17.6 Å². The normalized spacial score (nSPS) is 35.2. The van der Waals surface area contributed by atoms with Crippen LogP contribution < -0.4 is 5.73 Å². The highest BCUT2D eigenvalue weighted by atomic mass is 16.8. The van der Waals surface area contributed by atoms with Crippen LogP contribution >= 0.6 is 0 Å². The third-order valence-electron chi connectivity index (χ3n) is 4.11. The van der Waals surface area contributed by atoms with E-state index in [9.17, 15) is 9.90 Å². The fourth-order valence-electron chi connectivity index (χ4n) is 2.90. The lowest BCUT2D eigenvalue weighted by atomic mass is 9.90. The fraction of sp³-hybridized carbons (Fsp3) is 0.562. The summed E-state index contributed by atoms with van der Waals surface area (Å²) in [5, 5.41) is 9.58. The van der Waals surface area contributed by atoms with Crippen molar-refractivity contribution >= 4 is 5.97 Å². The van der Waals surface area contributed by atoms with E-state index in [1.54, 1.807) is 13.8 Å². The molecule has 4 atom stereocenters. The highest BCUT2D eigenvalue weighted by Crippen LogP contribution is 2.42. The third kappa shape index (κ3) is 2.98. The summed E-state index contributed by atoms with van der Waals surface area (Å²) in [6.45, 7) is 3.77. The molecule has 0 saturated carbocycles. The Bertz CT molecular complexity index is 577. The largest absolute Gasteiger partial charge is 0.480 e. The Morgan fingerprint density at radius 3 is 2.65 bits per heavy atom. The van der Waals surface area contributed by atoms with Crippen molar-refractivity contribution in [3.8, 4) is 0 Å². The molecule has 0 unspecified atom stereocenters. The van der Waals surface area contributed by atoms with E-state index in [1.165, 1.54) is 0 Å². The van der Waals surface area contributed by atoms with Gasteiger partial charge in [0.2, 0.25) is 0 Å². The summed E-state index contributed by atoms with van der Waals surface area (Å²) in [4.78, 5) is 11.7. The van der Waals surface area contributed by atoms with Crippen molar-refractivity contribution in [3.05, 3.63) is 35.9 Å². The molecule has 2 saturated heterocycles. The van der Waals surface area contributed by atoms with Gasteiger partial charge in [-0.05, 0) is 19.4 Å². The number of carbonyl (C=O) groups is 1. The predicted molar refractivity (Wildman–Crippen MR) is 79.4 cm³/mol. The predicted octanol–water partition coefficient (Wildman–Crippen LogP) is 0.862. The van der Waals surface area contributed by atoms with Crippen LogP contribution in [0.4, 0.5) is 0 Å². The molecule has 0 aliphatic carbocycles.